The molecule has 0 heterocycles. The van der Waals surface area contributed by atoms with Crippen LogP contribution in [0.1, 0.15) is 40.0 Å². The SMILES string of the molecule is CC(=O)OC(C)(C)C1CC(C(F)(F)F)CC(C(F)(F)F)C1. The molecular weight excluding hydrogens is 302 g/mol. The highest BCUT2D eigenvalue weighted by Gasteiger charge is 2.54. The zero-order chi connectivity index (χ0) is 16.6. The van der Waals surface area contributed by atoms with Crippen molar-refractivity contribution < 1.29 is 35.9 Å². The van der Waals surface area contributed by atoms with Crippen molar-refractivity contribution in [3.8, 4) is 0 Å². The van der Waals surface area contributed by atoms with Crippen LogP contribution in [0.3, 0.4) is 0 Å². The number of carbonyl (C=O) groups is 1. The van der Waals surface area contributed by atoms with E-state index in [0.29, 0.717) is 0 Å². The lowest BCUT2D eigenvalue weighted by molar-refractivity contribution is -0.237. The van der Waals surface area contributed by atoms with E-state index in [-0.39, 0.29) is 0 Å². The van der Waals surface area contributed by atoms with Crippen LogP contribution in [0.5, 0.6) is 0 Å². The predicted octanol–water partition coefficient (Wildman–Crippen LogP) is 4.49. The highest BCUT2D eigenvalue weighted by atomic mass is 19.4. The highest BCUT2D eigenvalue weighted by molar-refractivity contribution is 5.66. The van der Waals surface area contributed by atoms with Gasteiger partial charge in [0.1, 0.15) is 5.60 Å². The van der Waals surface area contributed by atoms with Gasteiger partial charge in [0, 0.05) is 6.92 Å². The maximum atomic E-state index is 12.9. The fourth-order valence-corrected chi connectivity index (χ4v) is 2.87. The van der Waals surface area contributed by atoms with E-state index in [1.165, 1.54) is 13.8 Å². The van der Waals surface area contributed by atoms with Crippen molar-refractivity contribution in [2.24, 2.45) is 17.8 Å². The van der Waals surface area contributed by atoms with Gasteiger partial charge < -0.3 is 4.74 Å². The Morgan fingerprint density at radius 1 is 0.857 bits per heavy atom. The molecule has 0 aromatic rings. The Hall–Kier alpha value is -0.950. The van der Waals surface area contributed by atoms with E-state index < -0.39 is 60.9 Å². The first-order valence-corrected chi connectivity index (χ1v) is 6.56. The molecule has 0 bridgehead atoms. The molecule has 2 nitrogen and oxygen atoms in total. The minimum absolute atomic E-state index is 0.462. The van der Waals surface area contributed by atoms with Crippen molar-refractivity contribution in [3.05, 3.63) is 0 Å². The Labute approximate surface area is 118 Å². The minimum Gasteiger partial charge on any atom is -0.460 e. The summed E-state index contributed by atoms with van der Waals surface area (Å²) >= 11 is 0. The van der Waals surface area contributed by atoms with Gasteiger partial charge in [0.2, 0.25) is 0 Å². The third-order valence-electron chi connectivity index (χ3n) is 4.02. The topological polar surface area (TPSA) is 26.3 Å². The standard InChI is InChI=1S/C13H18F6O2/c1-7(20)21-11(2,3)8-4-9(12(14,15)16)6-10(5-8)13(17,18)19/h8-10H,4-6H2,1-3H3. The second-order valence-corrected chi connectivity index (χ2v) is 6.08. The van der Waals surface area contributed by atoms with Gasteiger partial charge >= 0.3 is 18.3 Å². The molecule has 1 saturated carbocycles. The van der Waals surface area contributed by atoms with Gasteiger partial charge in [-0.2, -0.15) is 26.3 Å². The molecule has 2 atom stereocenters. The van der Waals surface area contributed by atoms with Gasteiger partial charge in [0.05, 0.1) is 11.8 Å². The first-order valence-electron chi connectivity index (χ1n) is 6.56. The van der Waals surface area contributed by atoms with Gasteiger partial charge in [0.15, 0.2) is 0 Å². The van der Waals surface area contributed by atoms with Crippen LogP contribution in [-0.4, -0.2) is 23.9 Å². The molecule has 1 aliphatic rings. The van der Waals surface area contributed by atoms with E-state index in [2.05, 4.69) is 0 Å². The molecule has 0 radical (unpaired) electrons. The molecule has 0 saturated heterocycles. The lowest BCUT2D eigenvalue weighted by atomic mass is 9.69. The van der Waals surface area contributed by atoms with Crippen molar-refractivity contribution in [1.29, 1.82) is 0 Å². The molecule has 124 valence electrons. The Morgan fingerprint density at radius 3 is 1.48 bits per heavy atom. The average molecular weight is 320 g/mol. The zero-order valence-electron chi connectivity index (χ0n) is 11.9. The first-order chi connectivity index (χ1) is 9.23. The van der Waals surface area contributed by atoms with Gasteiger partial charge in [-0.1, -0.05) is 0 Å². The zero-order valence-corrected chi connectivity index (χ0v) is 11.9. The number of halogens is 6. The van der Waals surface area contributed by atoms with Crippen LogP contribution in [0.4, 0.5) is 26.3 Å². The predicted molar refractivity (Wildman–Crippen MR) is 62.3 cm³/mol. The molecule has 1 fully saturated rings. The van der Waals surface area contributed by atoms with Crippen molar-refractivity contribution in [2.75, 3.05) is 0 Å². The number of rotatable bonds is 2. The summed E-state index contributed by atoms with van der Waals surface area (Å²) in [5.41, 5.74) is -1.36. The van der Waals surface area contributed by atoms with Crippen LogP contribution in [0.25, 0.3) is 0 Å². The number of ether oxygens (including phenoxy) is 1. The van der Waals surface area contributed by atoms with Crippen LogP contribution < -0.4 is 0 Å². The summed E-state index contributed by atoms with van der Waals surface area (Å²) in [6.07, 6.45) is -11.3. The Kier molecular flexibility index (Phi) is 4.90. The minimum atomic E-state index is -4.69. The lowest BCUT2D eigenvalue weighted by Gasteiger charge is -2.43. The van der Waals surface area contributed by atoms with E-state index in [4.69, 9.17) is 4.74 Å². The fourth-order valence-electron chi connectivity index (χ4n) is 2.87. The largest absolute Gasteiger partial charge is 0.460 e. The molecule has 0 aromatic heterocycles. The van der Waals surface area contributed by atoms with Crippen molar-refractivity contribution in [2.45, 2.75) is 58.0 Å². The molecular formula is C13H18F6O2. The van der Waals surface area contributed by atoms with Crippen molar-refractivity contribution >= 4 is 5.97 Å². The third kappa shape index (κ3) is 4.78. The number of hydrogen-bond acceptors (Lipinski definition) is 2. The van der Waals surface area contributed by atoms with Crippen LogP contribution in [0.15, 0.2) is 0 Å². The van der Waals surface area contributed by atoms with E-state index in [0.717, 1.165) is 6.92 Å². The summed E-state index contributed by atoms with van der Waals surface area (Å²) < 4.78 is 82.0. The van der Waals surface area contributed by atoms with Gasteiger partial charge in [0.25, 0.3) is 0 Å². The molecule has 21 heavy (non-hydrogen) atoms. The van der Waals surface area contributed by atoms with Crippen LogP contribution in [0.2, 0.25) is 0 Å². The molecule has 1 rings (SSSR count). The number of carbonyl (C=O) groups excluding carboxylic acids is 1. The van der Waals surface area contributed by atoms with E-state index in [1.54, 1.807) is 0 Å². The number of hydrogen-bond donors (Lipinski definition) is 0. The van der Waals surface area contributed by atoms with Crippen LogP contribution in [0, 0.1) is 17.8 Å². The molecule has 0 aliphatic heterocycles. The second-order valence-electron chi connectivity index (χ2n) is 6.08. The smallest absolute Gasteiger partial charge is 0.391 e. The summed E-state index contributed by atoms with van der Waals surface area (Å²) in [5, 5.41) is 0. The van der Waals surface area contributed by atoms with Gasteiger partial charge in [-0.15, -0.1) is 0 Å². The molecule has 1 aliphatic carbocycles. The highest BCUT2D eigenvalue weighted by Crippen LogP contribution is 2.50. The van der Waals surface area contributed by atoms with Crippen molar-refractivity contribution in [1.82, 2.24) is 0 Å². The van der Waals surface area contributed by atoms with Gasteiger partial charge in [-0.25, -0.2) is 0 Å². The number of alkyl halides is 6. The summed E-state index contributed by atoms with van der Waals surface area (Å²) in [6.45, 7) is 3.78. The lowest BCUT2D eigenvalue weighted by Crippen LogP contribution is -2.46. The molecule has 0 spiro atoms. The Bertz CT molecular complexity index is 363. The summed E-state index contributed by atoms with van der Waals surface area (Å²) in [4.78, 5) is 11.0. The molecule has 0 N–H and O–H groups in total. The van der Waals surface area contributed by atoms with E-state index >= 15 is 0 Å². The Balaban J connectivity index is 3.01. The molecule has 8 heteroatoms. The van der Waals surface area contributed by atoms with Gasteiger partial charge in [-0.3, -0.25) is 4.79 Å². The normalized spacial score (nSPS) is 28.3. The quantitative estimate of drug-likeness (QED) is 0.554. The monoisotopic (exact) mass is 320 g/mol. The molecule has 0 aromatic carbocycles. The average Bonchev–Trinajstić information content (AvgIpc) is 2.24. The maximum Gasteiger partial charge on any atom is 0.391 e. The molecule has 2 unspecified atom stereocenters. The van der Waals surface area contributed by atoms with Crippen molar-refractivity contribution in [3.63, 3.8) is 0 Å². The fraction of sp³-hybridized carbons (Fsp3) is 0.923. The van der Waals surface area contributed by atoms with Gasteiger partial charge in [-0.05, 0) is 39.0 Å². The third-order valence-corrected chi connectivity index (χ3v) is 4.02. The number of esters is 1. The van der Waals surface area contributed by atoms with E-state index in [1.807, 2.05) is 0 Å². The second kappa shape index (κ2) is 5.68. The Morgan fingerprint density at radius 2 is 1.19 bits per heavy atom. The summed E-state index contributed by atoms with van der Waals surface area (Å²) in [7, 11) is 0. The molecule has 0 amide bonds. The van der Waals surface area contributed by atoms with Crippen LogP contribution >= 0.6 is 0 Å². The summed E-state index contributed by atoms with van der Waals surface area (Å²) in [6, 6.07) is 0. The van der Waals surface area contributed by atoms with E-state index in [9.17, 15) is 31.1 Å². The first kappa shape index (κ1) is 18.1. The maximum absolute atomic E-state index is 12.9. The van der Waals surface area contributed by atoms with Crippen LogP contribution in [-0.2, 0) is 9.53 Å². The summed E-state index contributed by atoms with van der Waals surface area (Å²) in [5.74, 6) is -5.78.